The van der Waals surface area contributed by atoms with Crippen molar-refractivity contribution in [3.05, 3.63) is 134 Å². The van der Waals surface area contributed by atoms with Crippen molar-refractivity contribution in [2.45, 2.75) is 207 Å². The van der Waals surface area contributed by atoms with E-state index in [1.165, 1.54) is 12.8 Å². The van der Waals surface area contributed by atoms with Gasteiger partial charge >= 0.3 is 17.9 Å². The van der Waals surface area contributed by atoms with Crippen LogP contribution in [0, 0.1) is 0 Å². The van der Waals surface area contributed by atoms with E-state index in [2.05, 4.69) is 142 Å². The summed E-state index contributed by atoms with van der Waals surface area (Å²) in [5, 5.41) is 0. The van der Waals surface area contributed by atoms with Crippen LogP contribution in [0.15, 0.2) is 134 Å². The van der Waals surface area contributed by atoms with Gasteiger partial charge < -0.3 is 14.2 Å². The lowest BCUT2D eigenvalue weighted by molar-refractivity contribution is -0.166. The Morgan fingerprint density at radius 1 is 0.308 bits per heavy atom. The topological polar surface area (TPSA) is 78.9 Å². The summed E-state index contributed by atoms with van der Waals surface area (Å²) in [5.74, 6) is -1.04. The van der Waals surface area contributed by atoms with Crippen LogP contribution in [0.2, 0.25) is 0 Å². The molecule has 364 valence electrons. The van der Waals surface area contributed by atoms with Gasteiger partial charge in [-0.3, -0.25) is 14.4 Å². The van der Waals surface area contributed by atoms with Crippen LogP contribution < -0.4 is 0 Å². The van der Waals surface area contributed by atoms with Crippen molar-refractivity contribution in [2.24, 2.45) is 0 Å². The van der Waals surface area contributed by atoms with Gasteiger partial charge in [-0.1, -0.05) is 199 Å². The van der Waals surface area contributed by atoms with E-state index < -0.39 is 6.10 Å². The van der Waals surface area contributed by atoms with Gasteiger partial charge in [0, 0.05) is 19.3 Å². The molecule has 0 spiro atoms. The first-order valence-corrected chi connectivity index (χ1v) is 25.7. The zero-order chi connectivity index (χ0) is 47.2. The number of carbonyl (C=O) groups is 3. The van der Waals surface area contributed by atoms with E-state index in [9.17, 15) is 14.4 Å². The average molecular weight is 897 g/mol. The number of hydrogen-bond acceptors (Lipinski definition) is 6. The number of rotatable bonds is 44. The molecule has 0 radical (unpaired) electrons. The quantitative estimate of drug-likeness (QED) is 0.0262. The summed E-state index contributed by atoms with van der Waals surface area (Å²) in [6.07, 6.45) is 73.0. The molecule has 0 N–H and O–H groups in total. The molecule has 0 aromatic carbocycles. The predicted molar refractivity (Wildman–Crippen MR) is 279 cm³/mol. The van der Waals surface area contributed by atoms with Gasteiger partial charge in [-0.25, -0.2) is 0 Å². The zero-order valence-electron chi connectivity index (χ0n) is 41.4. The van der Waals surface area contributed by atoms with Crippen molar-refractivity contribution < 1.29 is 28.6 Å². The Bertz CT molecular complexity index is 1450. The summed E-state index contributed by atoms with van der Waals surface area (Å²) in [7, 11) is 0. The highest BCUT2D eigenvalue weighted by Gasteiger charge is 2.19. The lowest BCUT2D eigenvalue weighted by Gasteiger charge is -2.18. The molecule has 6 heteroatoms. The largest absolute Gasteiger partial charge is 0.462 e. The van der Waals surface area contributed by atoms with Crippen LogP contribution in [0.5, 0.6) is 0 Å². The molecule has 0 aliphatic rings. The van der Waals surface area contributed by atoms with Crippen molar-refractivity contribution in [1.82, 2.24) is 0 Å². The Labute approximate surface area is 398 Å². The van der Waals surface area contributed by atoms with Crippen LogP contribution in [-0.2, 0) is 28.6 Å². The Morgan fingerprint density at radius 3 is 0.954 bits per heavy atom. The fraction of sp³-hybridized carbons (Fsp3) is 0.576. The average Bonchev–Trinajstić information content (AvgIpc) is 3.30. The van der Waals surface area contributed by atoms with Crippen molar-refractivity contribution >= 4 is 17.9 Å². The lowest BCUT2D eigenvalue weighted by Crippen LogP contribution is -2.30. The first-order chi connectivity index (χ1) is 32.0. The summed E-state index contributed by atoms with van der Waals surface area (Å²) in [4.78, 5) is 38.0. The van der Waals surface area contributed by atoms with E-state index in [1.54, 1.807) is 0 Å². The van der Waals surface area contributed by atoms with Crippen molar-refractivity contribution in [3.63, 3.8) is 0 Å². The van der Waals surface area contributed by atoms with E-state index >= 15 is 0 Å². The number of carbonyl (C=O) groups excluding carboxylic acids is 3. The van der Waals surface area contributed by atoms with Crippen molar-refractivity contribution in [3.8, 4) is 0 Å². The Balaban J connectivity index is 4.55. The Kier molecular flexibility index (Phi) is 48.6. The highest BCUT2D eigenvalue weighted by molar-refractivity contribution is 5.71. The minimum Gasteiger partial charge on any atom is -0.462 e. The molecule has 0 aromatic heterocycles. The maximum absolute atomic E-state index is 12.8. The summed E-state index contributed by atoms with van der Waals surface area (Å²) in [6.45, 7) is 6.19. The zero-order valence-corrected chi connectivity index (χ0v) is 41.4. The standard InChI is InChI=1S/C59H92O6/c1-4-7-10-13-16-19-22-25-27-29-30-31-33-34-37-40-43-46-49-52-58(61)64-55-56(54-63-57(60)51-48-45-42-39-36-24-21-18-15-12-9-6-3)65-59(62)53-50-47-44-41-38-35-32-28-26-23-20-17-14-11-8-5-2/h7-12,16-21,25-28,30-31,34,37,43,46,56H,4-6,13-15,22-24,29,32-33,35-36,38-42,44-45,47-55H2,1-3H3/b10-7-,11-8-,12-9-,19-16-,20-17-,21-18-,27-25-,28-26-,31-30-,37-34-,46-43-. The molecule has 0 aliphatic carbocycles. The number of unbranched alkanes of at least 4 members (excludes halogenated alkanes) is 11. The van der Waals surface area contributed by atoms with Crippen LogP contribution in [0.3, 0.4) is 0 Å². The molecular formula is C59H92O6. The van der Waals surface area contributed by atoms with E-state index in [4.69, 9.17) is 14.2 Å². The second kappa shape index (κ2) is 52.2. The lowest BCUT2D eigenvalue weighted by atomic mass is 10.1. The van der Waals surface area contributed by atoms with E-state index in [1.807, 2.05) is 12.2 Å². The molecular weight excluding hydrogens is 805 g/mol. The van der Waals surface area contributed by atoms with E-state index in [-0.39, 0.29) is 44.0 Å². The number of esters is 3. The minimum atomic E-state index is -0.826. The highest BCUT2D eigenvalue weighted by Crippen LogP contribution is 2.12. The third-order valence-corrected chi connectivity index (χ3v) is 10.1. The molecule has 6 nitrogen and oxygen atoms in total. The second-order valence-corrected chi connectivity index (χ2v) is 16.3. The van der Waals surface area contributed by atoms with Crippen LogP contribution >= 0.6 is 0 Å². The highest BCUT2D eigenvalue weighted by atomic mass is 16.6. The molecule has 0 saturated heterocycles. The van der Waals surface area contributed by atoms with Gasteiger partial charge in [-0.05, 0) is 116 Å². The van der Waals surface area contributed by atoms with E-state index in [0.29, 0.717) is 12.8 Å². The predicted octanol–water partition coefficient (Wildman–Crippen LogP) is 17.1. The van der Waals surface area contributed by atoms with Crippen LogP contribution in [0.4, 0.5) is 0 Å². The third-order valence-electron chi connectivity index (χ3n) is 10.1. The third kappa shape index (κ3) is 50.4. The molecule has 0 amide bonds. The molecule has 1 unspecified atom stereocenters. The first kappa shape index (κ1) is 60.5. The van der Waals surface area contributed by atoms with Gasteiger partial charge in [0.15, 0.2) is 6.10 Å². The van der Waals surface area contributed by atoms with Gasteiger partial charge in [0.25, 0.3) is 0 Å². The Morgan fingerprint density at radius 2 is 0.585 bits per heavy atom. The summed E-state index contributed by atoms with van der Waals surface area (Å²) >= 11 is 0. The summed E-state index contributed by atoms with van der Waals surface area (Å²) in [6, 6.07) is 0. The normalized spacial score (nSPS) is 13.2. The molecule has 0 aromatic rings. The van der Waals surface area contributed by atoms with Crippen molar-refractivity contribution in [1.29, 1.82) is 0 Å². The molecule has 0 rings (SSSR count). The molecule has 65 heavy (non-hydrogen) atoms. The molecule has 0 saturated carbocycles. The van der Waals surface area contributed by atoms with Gasteiger partial charge in [-0.2, -0.15) is 0 Å². The first-order valence-electron chi connectivity index (χ1n) is 25.7. The van der Waals surface area contributed by atoms with Crippen LogP contribution in [0.1, 0.15) is 201 Å². The minimum absolute atomic E-state index is 0.119. The second-order valence-electron chi connectivity index (χ2n) is 16.3. The molecule has 0 aliphatic heterocycles. The number of hydrogen-bond donors (Lipinski definition) is 0. The van der Waals surface area contributed by atoms with Gasteiger partial charge in [0.05, 0.1) is 0 Å². The maximum Gasteiger partial charge on any atom is 0.306 e. The molecule has 0 heterocycles. The van der Waals surface area contributed by atoms with Crippen LogP contribution in [-0.4, -0.2) is 37.2 Å². The number of allylic oxidation sites excluding steroid dienone is 22. The number of ether oxygens (including phenoxy) is 3. The smallest absolute Gasteiger partial charge is 0.306 e. The fourth-order valence-corrected chi connectivity index (χ4v) is 6.40. The molecule has 1 atom stereocenters. The SMILES string of the molecule is CC/C=C\C/C=C\C/C=C\C/C=C\C/C=C\C/C=C\CCC(=O)OCC(COC(=O)CCCCCCC/C=C\C/C=C\CC)OC(=O)CCCCCCCC/C=C\C/C=C\C/C=C\CC. The van der Waals surface area contributed by atoms with Gasteiger partial charge in [-0.15, -0.1) is 0 Å². The molecule has 0 bridgehead atoms. The van der Waals surface area contributed by atoms with Gasteiger partial charge in [0.2, 0.25) is 0 Å². The van der Waals surface area contributed by atoms with Crippen molar-refractivity contribution in [2.75, 3.05) is 13.2 Å². The Hall–Kier alpha value is -4.45. The summed E-state index contributed by atoms with van der Waals surface area (Å²) in [5.41, 5.74) is 0. The molecule has 0 fully saturated rings. The maximum atomic E-state index is 12.8. The monoisotopic (exact) mass is 897 g/mol. The fourth-order valence-electron chi connectivity index (χ4n) is 6.40. The van der Waals surface area contributed by atoms with Gasteiger partial charge in [0.1, 0.15) is 13.2 Å². The van der Waals surface area contributed by atoms with E-state index in [0.717, 1.165) is 141 Å². The summed E-state index contributed by atoms with van der Waals surface area (Å²) < 4.78 is 16.7. The van der Waals surface area contributed by atoms with Crippen LogP contribution in [0.25, 0.3) is 0 Å².